The second-order valence-corrected chi connectivity index (χ2v) is 8.70. The summed E-state index contributed by atoms with van der Waals surface area (Å²) in [5.41, 5.74) is 1.87. The molecule has 9 nitrogen and oxygen atoms in total. The van der Waals surface area contributed by atoms with Gasteiger partial charge in [-0.1, -0.05) is 24.3 Å². The molecule has 0 aromatic heterocycles. The van der Waals surface area contributed by atoms with Crippen LogP contribution in [0.3, 0.4) is 0 Å². The first kappa shape index (κ1) is 26.7. The summed E-state index contributed by atoms with van der Waals surface area (Å²) in [5.74, 6) is 1.54. The number of ether oxygens (including phenoxy) is 5. The first-order chi connectivity index (χ1) is 18.4. The van der Waals surface area contributed by atoms with Crippen LogP contribution in [-0.4, -0.2) is 47.4 Å². The summed E-state index contributed by atoms with van der Waals surface area (Å²) in [6.45, 7) is 0. The third-order valence-corrected chi connectivity index (χ3v) is 6.68. The molecule has 9 heteroatoms. The van der Waals surface area contributed by atoms with Crippen LogP contribution in [0, 0.1) is 5.92 Å². The van der Waals surface area contributed by atoms with Gasteiger partial charge >= 0.3 is 0 Å². The summed E-state index contributed by atoms with van der Waals surface area (Å²) in [6.07, 6.45) is 0.560. The molecule has 1 N–H and O–H groups in total. The van der Waals surface area contributed by atoms with Crippen LogP contribution in [0.25, 0.3) is 0 Å². The monoisotopic (exact) mass is 520 g/mol. The average molecular weight is 521 g/mol. The molecule has 0 radical (unpaired) electrons. The highest BCUT2D eigenvalue weighted by Crippen LogP contribution is 2.46. The first-order valence-electron chi connectivity index (χ1n) is 12.2. The predicted octanol–water partition coefficient (Wildman–Crippen LogP) is 4.85. The molecular weight excluding hydrogens is 488 g/mol. The van der Waals surface area contributed by atoms with Crippen LogP contribution in [0.5, 0.6) is 28.7 Å². The zero-order valence-electron chi connectivity index (χ0n) is 22.1. The van der Waals surface area contributed by atoms with Crippen molar-refractivity contribution >= 4 is 23.2 Å². The Labute approximate surface area is 222 Å². The lowest BCUT2D eigenvalue weighted by molar-refractivity contribution is -0.125. The number of hydrogen-bond donors (Lipinski definition) is 1. The Kier molecular flexibility index (Phi) is 8.25. The number of hydrogen-bond acceptors (Lipinski definition) is 7. The smallest absolute Gasteiger partial charge is 0.230 e. The van der Waals surface area contributed by atoms with Crippen LogP contribution >= 0.6 is 0 Å². The number of nitrogens with zero attached hydrogens (tertiary/aromatic N) is 1. The average Bonchev–Trinajstić information content (AvgIpc) is 2.96. The summed E-state index contributed by atoms with van der Waals surface area (Å²) >= 11 is 0. The van der Waals surface area contributed by atoms with Crippen molar-refractivity contribution in [1.29, 1.82) is 0 Å². The van der Waals surface area contributed by atoms with Crippen LogP contribution in [0.4, 0.5) is 11.4 Å². The summed E-state index contributed by atoms with van der Waals surface area (Å²) < 4.78 is 27.3. The minimum absolute atomic E-state index is 0.124. The van der Waals surface area contributed by atoms with Crippen molar-refractivity contribution in [3.8, 4) is 28.7 Å². The van der Waals surface area contributed by atoms with Crippen LogP contribution in [-0.2, 0) is 9.59 Å². The van der Waals surface area contributed by atoms with Gasteiger partial charge in [-0.25, -0.2) is 0 Å². The molecule has 0 aliphatic carbocycles. The van der Waals surface area contributed by atoms with E-state index in [1.807, 2.05) is 36.4 Å². The number of rotatable bonds is 9. The molecular formula is C29H32N2O7. The van der Waals surface area contributed by atoms with Crippen LogP contribution < -0.4 is 33.9 Å². The maximum atomic E-state index is 13.8. The summed E-state index contributed by atoms with van der Waals surface area (Å²) in [4.78, 5) is 28.9. The van der Waals surface area contributed by atoms with Crippen molar-refractivity contribution in [1.82, 2.24) is 0 Å². The number of piperidine rings is 1. The number of anilines is 2. The van der Waals surface area contributed by atoms with Gasteiger partial charge in [0.25, 0.3) is 0 Å². The molecule has 2 amide bonds. The van der Waals surface area contributed by atoms with E-state index >= 15 is 0 Å². The number of benzene rings is 3. The summed E-state index contributed by atoms with van der Waals surface area (Å²) in [6, 6.07) is 17.4. The van der Waals surface area contributed by atoms with Crippen molar-refractivity contribution in [3.63, 3.8) is 0 Å². The van der Waals surface area contributed by atoms with Gasteiger partial charge in [0.1, 0.15) is 11.5 Å². The van der Waals surface area contributed by atoms with E-state index in [2.05, 4.69) is 5.32 Å². The Morgan fingerprint density at radius 2 is 1.45 bits per heavy atom. The maximum absolute atomic E-state index is 13.8. The van der Waals surface area contributed by atoms with Crippen molar-refractivity contribution in [2.45, 2.75) is 18.9 Å². The molecule has 1 heterocycles. The number of methoxy groups -OCH3 is 5. The fourth-order valence-electron chi connectivity index (χ4n) is 4.83. The molecule has 2 atom stereocenters. The highest BCUT2D eigenvalue weighted by molar-refractivity contribution is 6.01. The lowest BCUT2D eigenvalue weighted by atomic mass is 9.83. The van der Waals surface area contributed by atoms with Gasteiger partial charge in [-0.05, 0) is 36.2 Å². The molecule has 0 unspecified atom stereocenters. The third-order valence-electron chi connectivity index (χ3n) is 6.68. The van der Waals surface area contributed by atoms with Gasteiger partial charge in [-0.3, -0.25) is 9.59 Å². The summed E-state index contributed by atoms with van der Waals surface area (Å²) in [7, 11) is 7.69. The molecule has 0 saturated carbocycles. The second kappa shape index (κ2) is 11.8. The number of amides is 2. The Hall–Kier alpha value is -4.40. The van der Waals surface area contributed by atoms with E-state index in [0.717, 1.165) is 5.56 Å². The Bertz CT molecular complexity index is 1270. The molecule has 1 fully saturated rings. The lowest BCUT2D eigenvalue weighted by Gasteiger charge is -2.41. The van der Waals surface area contributed by atoms with Gasteiger partial charge < -0.3 is 33.9 Å². The zero-order chi connectivity index (χ0) is 27.2. The topological polar surface area (TPSA) is 95.6 Å². The molecule has 0 bridgehead atoms. The fraction of sp³-hybridized carbons (Fsp3) is 0.310. The molecule has 1 aliphatic heterocycles. The normalized spacial score (nSPS) is 17.0. The summed E-state index contributed by atoms with van der Waals surface area (Å²) in [5, 5.41) is 3.01. The Morgan fingerprint density at radius 1 is 0.816 bits per heavy atom. The maximum Gasteiger partial charge on any atom is 0.230 e. The number of para-hydroxylation sites is 2. The van der Waals surface area contributed by atoms with Crippen LogP contribution in [0.15, 0.2) is 60.7 Å². The lowest BCUT2D eigenvalue weighted by Crippen LogP contribution is -2.47. The van der Waals surface area contributed by atoms with Gasteiger partial charge in [-0.2, -0.15) is 0 Å². The van der Waals surface area contributed by atoms with Gasteiger partial charge in [0.2, 0.25) is 17.6 Å². The predicted molar refractivity (Wildman–Crippen MR) is 144 cm³/mol. The van der Waals surface area contributed by atoms with E-state index in [9.17, 15) is 9.59 Å². The highest BCUT2D eigenvalue weighted by Gasteiger charge is 2.42. The largest absolute Gasteiger partial charge is 0.497 e. The van der Waals surface area contributed by atoms with Gasteiger partial charge in [-0.15, -0.1) is 0 Å². The standard InChI is InChI=1S/C29H32N2O7/c1-34-20-12-10-18(11-13-20)27-21(29(33)30-22-8-6-7-9-23(22)35-2)14-15-26(32)31(27)19-16-24(36-3)28(38-5)25(17-19)37-4/h6-13,16-17,21,27H,14-15H2,1-5H3,(H,30,33)/t21-,27-/m0/s1. The quantitative estimate of drug-likeness (QED) is 0.431. The van der Waals surface area contributed by atoms with Gasteiger partial charge in [0.05, 0.1) is 58.9 Å². The van der Waals surface area contributed by atoms with Crippen molar-refractivity contribution < 1.29 is 33.3 Å². The molecule has 0 spiro atoms. The molecule has 200 valence electrons. The fourth-order valence-corrected chi connectivity index (χ4v) is 4.83. The van der Waals surface area contributed by atoms with Crippen molar-refractivity contribution in [2.24, 2.45) is 5.92 Å². The van der Waals surface area contributed by atoms with Gasteiger partial charge in [0.15, 0.2) is 11.5 Å². The Morgan fingerprint density at radius 3 is 2.03 bits per heavy atom. The van der Waals surface area contributed by atoms with Crippen molar-refractivity contribution in [3.05, 3.63) is 66.2 Å². The van der Waals surface area contributed by atoms with E-state index in [1.54, 1.807) is 43.4 Å². The van der Waals surface area contributed by atoms with E-state index in [-0.39, 0.29) is 18.2 Å². The molecule has 1 aliphatic rings. The number of nitrogens with one attached hydrogen (secondary N) is 1. The highest BCUT2D eigenvalue weighted by atomic mass is 16.5. The third kappa shape index (κ3) is 5.18. The van der Waals surface area contributed by atoms with E-state index in [1.165, 1.54) is 21.3 Å². The Balaban J connectivity index is 1.82. The molecule has 38 heavy (non-hydrogen) atoms. The molecule has 3 aromatic rings. The van der Waals surface area contributed by atoms with E-state index < -0.39 is 12.0 Å². The van der Waals surface area contributed by atoms with Gasteiger partial charge in [0, 0.05) is 18.6 Å². The van der Waals surface area contributed by atoms with E-state index in [4.69, 9.17) is 23.7 Å². The first-order valence-corrected chi connectivity index (χ1v) is 12.2. The second-order valence-electron chi connectivity index (χ2n) is 8.70. The number of carbonyl (C=O) groups excluding carboxylic acids is 2. The minimum Gasteiger partial charge on any atom is -0.497 e. The molecule has 3 aromatic carbocycles. The van der Waals surface area contributed by atoms with Crippen LogP contribution in [0.2, 0.25) is 0 Å². The SMILES string of the molecule is COc1ccc([C@H]2[C@@H](C(=O)Nc3ccccc3OC)CCC(=O)N2c2cc(OC)c(OC)c(OC)c2)cc1. The van der Waals surface area contributed by atoms with E-state index in [0.29, 0.717) is 46.5 Å². The molecule has 1 saturated heterocycles. The number of carbonyl (C=O) groups is 2. The zero-order valence-corrected chi connectivity index (χ0v) is 22.1. The van der Waals surface area contributed by atoms with Crippen molar-refractivity contribution in [2.75, 3.05) is 45.8 Å². The van der Waals surface area contributed by atoms with Crippen LogP contribution in [0.1, 0.15) is 24.4 Å². The molecule has 4 rings (SSSR count). The minimum atomic E-state index is -0.611.